The zero-order valence-electron chi connectivity index (χ0n) is 13.9. The van der Waals surface area contributed by atoms with E-state index in [9.17, 15) is 14.7 Å². The standard InChI is InChI=1S/C15H22BNO7/c1-15(2,3)24-14(20)17-12(13(18)19)8-10-5-4-6-11(7-10)23-9-16(21)22/h4-7,12,21-22H,8-9H2,1-3H3,(H,17,20)(H,18,19)/t12-/m0/s1. The van der Waals surface area contributed by atoms with Gasteiger partial charge < -0.3 is 29.9 Å². The molecule has 0 unspecified atom stereocenters. The van der Waals surface area contributed by atoms with Crippen molar-refractivity contribution in [1.82, 2.24) is 5.32 Å². The Balaban J connectivity index is 2.73. The number of nitrogens with one attached hydrogen (secondary N) is 1. The molecular weight excluding hydrogens is 317 g/mol. The average molecular weight is 339 g/mol. The Hall–Kier alpha value is -2.26. The van der Waals surface area contributed by atoms with Crippen molar-refractivity contribution >= 4 is 19.2 Å². The Morgan fingerprint density at radius 3 is 2.50 bits per heavy atom. The monoisotopic (exact) mass is 339 g/mol. The average Bonchev–Trinajstić information content (AvgIpc) is 2.42. The highest BCUT2D eigenvalue weighted by Gasteiger charge is 2.24. The molecule has 1 aromatic carbocycles. The highest BCUT2D eigenvalue weighted by Crippen LogP contribution is 2.15. The molecule has 0 bridgehead atoms. The van der Waals surface area contributed by atoms with Gasteiger partial charge >= 0.3 is 19.2 Å². The van der Waals surface area contributed by atoms with Crippen LogP contribution in [-0.4, -0.2) is 52.5 Å². The van der Waals surface area contributed by atoms with Crippen LogP contribution in [0.3, 0.4) is 0 Å². The number of aliphatic carboxylic acids is 1. The van der Waals surface area contributed by atoms with Gasteiger partial charge in [-0.1, -0.05) is 12.1 Å². The molecule has 1 rings (SSSR count). The molecular formula is C15H22BNO7. The van der Waals surface area contributed by atoms with E-state index in [4.69, 9.17) is 19.5 Å². The molecule has 0 saturated carbocycles. The SMILES string of the molecule is CC(C)(C)OC(=O)N[C@@H](Cc1cccc(OCB(O)O)c1)C(=O)O. The molecule has 9 heteroatoms. The second-order valence-corrected chi connectivity index (χ2v) is 6.18. The summed E-state index contributed by atoms with van der Waals surface area (Å²) in [4.78, 5) is 23.1. The van der Waals surface area contributed by atoms with Gasteiger partial charge in [0, 0.05) is 6.42 Å². The van der Waals surface area contributed by atoms with E-state index in [0.29, 0.717) is 11.3 Å². The predicted molar refractivity (Wildman–Crippen MR) is 86.6 cm³/mol. The maximum absolute atomic E-state index is 11.7. The number of rotatable bonds is 7. The van der Waals surface area contributed by atoms with Crippen molar-refractivity contribution < 1.29 is 34.2 Å². The summed E-state index contributed by atoms with van der Waals surface area (Å²) in [6.07, 6.45) is -0.793. The topological polar surface area (TPSA) is 125 Å². The lowest BCUT2D eigenvalue weighted by molar-refractivity contribution is -0.139. The normalized spacial score (nSPS) is 12.2. The lowest BCUT2D eigenvalue weighted by Crippen LogP contribution is -2.44. The molecule has 0 aromatic heterocycles. The van der Waals surface area contributed by atoms with Crippen LogP contribution >= 0.6 is 0 Å². The fraction of sp³-hybridized carbons (Fsp3) is 0.467. The fourth-order valence-corrected chi connectivity index (χ4v) is 1.82. The summed E-state index contributed by atoms with van der Waals surface area (Å²) >= 11 is 0. The van der Waals surface area contributed by atoms with Gasteiger partial charge in [0.1, 0.15) is 23.9 Å². The Morgan fingerprint density at radius 1 is 1.29 bits per heavy atom. The summed E-state index contributed by atoms with van der Waals surface area (Å²) in [6, 6.07) is 5.31. The largest absolute Gasteiger partial charge is 0.496 e. The van der Waals surface area contributed by atoms with Crippen LogP contribution in [0.2, 0.25) is 0 Å². The van der Waals surface area contributed by atoms with E-state index >= 15 is 0 Å². The number of carboxylic acid groups (broad SMARTS) is 1. The van der Waals surface area contributed by atoms with Gasteiger partial charge in [0.15, 0.2) is 0 Å². The van der Waals surface area contributed by atoms with Crippen LogP contribution in [0.5, 0.6) is 5.75 Å². The van der Waals surface area contributed by atoms with Crippen molar-refractivity contribution in [2.24, 2.45) is 0 Å². The number of amides is 1. The number of carbonyl (C=O) groups is 2. The van der Waals surface area contributed by atoms with Crippen LogP contribution in [0.1, 0.15) is 26.3 Å². The van der Waals surface area contributed by atoms with Gasteiger partial charge in [-0.2, -0.15) is 0 Å². The zero-order valence-corrected chi connectivity index (χ0v) is 13.9. The molecule has 0 fully saturated rings. The van der Waals surface area contributed by atoms with E-state index in [1.54, 1.807) is 45.0 Å². The molecule has 24 heavy (non-hydrogen) atoms. The molecule has 0 heterocycles. The number of hydrogen-bond acceptors (Lipinski definition) is 6. The van der Waals surface area contributed by atoms with Crippen molar-refractivity contribution in [3.63, 3.8) is 0 Å². The number of carboxylic acids is 1. The minimum atomic E-state index is -1.60. The highest BCUT2D eigenvalue weighted by molar-refractivity contribution is 6.40. The van der Waals surface area contributed by atoms with Crippen LogP contribution in [0.4, 0.5) is 4.79 Å². The summed E-state index contributed by atoms with van der Waals surface area (Å²) in [6.45, 7) is 4.73. The Morgan fingerprint density at radius 2 is 1.96 bits per heavy atom. The van der Waals surface area contributed by atoms with Crippen LogP contribution in [0.15, 0.2) is 24.3 Å². The summed E-state index contributed by atoms with van der Waals surface area (Å²) in [5.74, 6) is -0.833. The Bertz CT molecular complexity index is 571. The molecule has 1 aromatic rings. The zero-order chi connectivity index (χ0) is 18.3. The summed E-state index contributed by atoms with van der Waals surface area (Å²) in [7, 11) is -1.60. The molecule has 0 spiro atoms. The number of hydrogen-bond donors (Lipinski definition) is 4. The third-order valence-electron chi connectivity index (χ3n) is 2.73. The summed E-state index contributed by atoms with van der Waals surface area (Å²) in [5, 5.41) is 29.1. The van der Waals surface area contributed by atoms with E-state index in [2.05, 4.69) is 5.32 Å². The molecule has 8 nitrogen and oxygen atoms in total. The minimum absolute atomic E-state index is 0.0213. The van der Waals surface area contributed by atoms with Crippen LogP contribution in [-0.2, 0) is 16.0 Å². The fourth-order valence-electron chi connectivity index (χ4n) is 1.82. The van der Waals surface area contributed by atoms with Crippen LogP contribution < -0.4 is 10.1 Å². The first-order valence-electron chi connectivity index (χ1n) is 7.37. The second-order valence-electron chi connectivity index (χ2n) is 6.18. The maximum Gasteiger partial charge on any atom is 0.491 e. The van der Waals surface area contributed by atoms with Gasteiger partial charge in [0.25, 0.3) is 0 Å². The first-order valence-corrected chi connectivity index (χ1v) is 7.37. The van der Waals surface area contributed by atoms with E-state index in [1.165, 1.54) is 0 Å². The van der Waals surface area contributed by atoms with Gasteiger partial charge in [-0.3, -0.25) is 0 Å². The third-order valence-corrected chi connectivity index (χ3v) is 2.73. The van der Waals surface area contributed by atoms with Crippen molar-refractivity contribution in [1.29, 1.82) is 0 Å². The molecule has 0 aliphatic carbocycles. The molecule has 132 valence electrons. The van der Waals surface area contributed by atoms with Crippen molar-refractivity contribution in [2.75, 3.05) is 6.51 Å². The van der Waals surface area contributed by atoms with Crippen molar-refractivity contribution in [3.05, 3.63) is 29.8 Å². The lowest BCUT2D eigenvalue weighted by atomic mass is 9.95. The van der Waals surface area contributed by atoms with Crippen LogP contribution in [0, 0.1) is 0 Å². The van der Waals surface area contributed by atoms with E-state index in [-0.39, 0.29) is 12.9 Å². The number of alkyl carbamates (subject to hydrolysis) is 1. The first kappa shape index (κ1) is 19.8. The van der Waals surface area contributed by atoms with Gasteiger partial charge in [-0.25, -0.2) is 9.59 Å². The second kappa shape index (κ2) is 8.56. The predicted octanol–water partition coefficient (Wildman–Crippen LogP) is 0.598. The molecule has 4 N–H and O–H groups in total. The molecule has 0 saturated heterocycles. The summed E-state index contributed by atoms with van der Waals surface area (Å²) in [5.41, 5.74) is -0.130. The van der Waals surface area contributed by atoms with Gasteiger partial charge in [0.2, 0.25) is 0 Å². The van der Waals surface area contributed by atoms with Crippen molar-refractivity contribution in [2.45, 2.75) is 38.8 Å². The van der Waals surface area contributed by atoms with Gasteiger partial charge in [-0.15, -0.1) is 0 Å². The maximum atomic E-state index is 11.7. The van der Waals surface area contributed by atoms with Gasteiger partial charge in [0.05, 0.1) is 0 Å². The summed E-state index contributed by atoms with van der Waals surface area (Å²) < 4.78 is 10.2. The molecule has 0 radical (unpaired) electrons. The Labute approximate surface area is 140 Å². The van der Waals surface area contributed by atoms with Crippen LogP contribution in [0.25, 0.3) is 0 Å². The lowest BCUT2D eigenvalue weighted by Gasteiger charge is -2.22. The minimum Gasteiger partial charge on any atom is -0.496 e. The highest BCUT2D eigenvalue weighted by atomic mass is 16.6. The van der Waals surface area contributed by atoms with Crippen molar-refractivity contribution in [3.8, 4) is 5.75 Å². The molecule has 0 aliphatic heterocycles. The Kier molecular flexibility index (Phi) is 7.06. The third kappa shape index (κ3) is 7.84. The van der Waals surface area contributed by atoms with E-state index in [0.717, 1.165) is 0 Å². The number of benzene rings is 1. The van der Waals surface area contributed by atoms with E-state index < -0.39 is 30.8 Å². The van der Waals surface area contributed by atoms with Gasteiger partial charge in [-0.05, 0) is 38.5 Å². The molecule has 1 amide bonds. The quantitative estimate of drug-likeness (QED) is 0.536. The number of ether oxygens (including phenoxy) is 2. The molecule has 1 atom stereocenters. The first-order chi connectivity index (χ1) is 11.1. The smallest absolute Gasteiger partial charge is 0.491 e. The number of carbonyl (C=O) groups excluding carboxylic acids is 1. The molecule has 0 aliphatic rings. The van der Waals surface area contributed by atoms with E-state index in [1.807, 2.05) is 0 Å².